The molecular weight excluding hydrogens is 526 g/mol. The standard InChI is InChI=1S/C32H47NO8/c1-4-5-8-11-25(36)15-16-27-26(28(37)21-29(27)38)12-9-6-7-10-13-32(39)33-19-18-24-14-17-30(40-22(2)34)31(20-24)41-23(3)35/h6,9,14-17,20,25-29,36-38H,4-5,7-8,10-13,18-19,21H2,1-3H3,(H,33,39)/t25-,26+,27+,28-,29+/m0/s1. The summed E-state index contributed by atoms with van der Waals surface area (Å²) in [4.78, 5) is 34.9. The Balaban J connectivity index is 1.71. The zero-order chi connectivity index (χ0) is 30.2. The van der Waals surface area contributed by atoms with Crippen molar-refractivity contribution in [2.75, 3.05) is 6.54 Å². The third-order valence-electron chi connectivity index (χ3n) is 7.18. The summed E-state index contributed by atoms with van der Waals surface area (Å²) in [5.41, 5.74) is 0.818. The van der Waals surface area contributed by atoms with Crippen LogP contribution in [-0.2, 0) is 20.8 Å². The molecule has 1 amide bonds. The molecule has 1 aromatic carbocycles. The highest BCUT2D eigenvalue weighted by Crippen LogP contribution is 2.36. The number of hydrogen-bond acceptors (Lipinski definition) is 8. The number of aliphatic hydroxyl groups is 3. The Labute approximate surface area is 243 Å². The average molecular weight is 574 g/mol. The largest absolute Gasteiger partial charge is 0.423 e. The highest BCUT2D eigenvalue weighted by molar-refractivity contribution is 5.76. The number of hydrogen-bond donors (Lipinski definition) is 4. The normalized spacial score (nSPS) is 21.3. The zero-order valence-electron chi connectivity index (χ0n) is 24.6. The molecule has 2 rings (SSSR count). The molecule has 0 heterocycles. The second-order valence-corrected chi connectivity index (χ2v) is 10.7. The second kappa shape index (κ2) is 18.4. The number of amides is 1. The Morgan fingerprint density at radius 3 is 2.46 bits per heavy atom. The molecule has 1 saturated carbocycles. The lowest BCUT2D eigenvalue weighted by molar-refractivity contribution is -0.134. The summed E-state index contributed by atoms with van der Waals surface area (Å²) in [7, 11) is 0. The molecule has 0 aliphatic heterocycles. The number of allylic oxidation sites excluding steroid dienone is 2. The Morgan fingerprint density at radius 1 is 1.02 bits per heavy atom. The molecule has 1 fully saturated rings. The molecule has 0 spiro atoms. The van der Waals surface area contributed by atoms with Crippen molar-refractivity contribution < 1.29 is 39.2 Å². The van der Waals surface area contributed by atoms with Gasteiger partial charge in [-0.1, -0.05) is 56.6 Å². The molecule has 5 atom stereocenters. The molecule has 228 valence electrons. The number of esters is 2. The van der Waals surface area contributed by atoms with Gasteiger partial charge < -0.3 is 30.1 Å². The fraction of sp³-hybridized carbons (Fsp3) is 0.594. The third kappa shape index (κ3) is 13.0. The van der Waals surface area contributed by atoms with Gasteiger partial charge in [-0.15, -0.1) is 0 Å². The van der Waals surface area contributed by atoms with Gasteiger partial charge in [0.25, 0.3) is 0 Å². The van der Waals surface area contributed by atoms with Gasteiger partial charge in [0.2, 0.25) is 5.91 Å². The minimum atomic E-state index is -0.619. The van der Waals surface area contributed by atoms with Gasteiger partial charge >= 0.3 is 11.9 Å². The molecule has 0 unspecified atom stereocenters. The predicted molar refractivity (Wildman–Crippen MR) is 156 cm³/mol. The van der Waals surface area contributed by atoms with Gasteiger partial charge in [-0.05, 0) is 55.7 Å². The monoisotopic (exact) mass is 573 g/mol. The van der Waals surface area contributed by atoms with E-state index in [-0.39, 0.29) is 29.2 Å². The Hall–Kier alpha value is -3.01. The van der Waals surface area contributed by atoms with E-state index in [0.717, 1.165) is 31.2 Å². The van der Waals surface area contributed by atoms with Gasteiger partial charge in [-0.2, -0.15) is 0 Å². The zero-order valence-corrected chi connectivity index (χ0v) is 24.6. The first-order valence-corrected chi connectivity index (χ1v) is 14.7. The molecular formula is C32H47NO8. The lowest BCUT2D eigenvalue weighted by Gasteiger charge is -2.19. The first-order chi connectivity index (χ1) is 19.6. The van der Waals surface area contributed by atoms with Crippen LogP contribution in [0.3, 0.4) is 0 Å². The maximum atomic E-state index is 12.2. The topological polar surface area (TPSA) is 142 Å². The van der Waals surface area contributed by atoms with Crippen molar-refractivity contribution in [2.45, 2.75) is 103 Å². The van der Waals surface area contributed by atoms with Crippen LogP contribution in [0.5, 0.6) is 11.5 Å². The van der Waals surface area contributed by atoms with Gasteiger partial charge in [0.05, 0.1) is 18.3 Å². The van der Waals surface area contributed by atoms with E-state index in [2.05, 4.69) is 12.2 Å². The van der Waals surface area contributed by atoms with Crippen molar-refractivity contribution in [1.29, 1.82) is 0 Å². The number of carbonyl (C=O) groups excluding carboxylic acids is 3. The summed E-state index contributed by atoms with van der Waals surface area (Å²) in [6.07, 6.45) is 13.0. The van der Waals surface area contributed by atoms with Crippen molar-refractivity contribution in [3.05, 3.63) is 48.1 Å². The lowest BCUT2D eigenvalue weighted by atomic mass is 9.89. The Kier molecular flexibility index (Phi) is 15.4. The number of aliphatic hydroxyl groups excluding tert-OH is 3. The van der Waals surface area contributed by atoms with Crippen LogP contribution in [0.15, 0.2) is 42.5 Å². The molecule has 0 bridgehead atoms. The fourth-order valence-corrected chi connectivity index (χ4v) is 5.03. The lowest BCUT2D eigenvalue weighted by Crippen LogP contribution is -2.25. The van der Waals surface area contributed by atoms with Gasteiger partial charge in [0.1, 0.15) is 0 Å². The number of nitrogens with one attached hydrogen (secondary N) is 1. The summed E-state index contributed by atoms with van der Waals surface area (Å²) < 4.78 is 10.2. The van der Waals surface area contributed by atoms with E-state index in [1.807, 2.05) is 18.2 Å². The molecule has 0 aromatic heterocycles. The third-order valence-corrected chi connectivity index (χ3v) is 7.18. The maximum absolute atomic E-state index is 12.2. The van der Waals surface area contributed by atoms with E-state index in [1.165, 1.54) is 13.8 Å². The van der Waals surface area contributed by atoms with Crippen molar-refractivity contribution in [3.63, 3.8) is 0 Å². The molecule has 1 aromatic rings. The highest BCUT2D eigenvalue weighted by Gasteiger charge is 2.39. The van der Waals surface area contributed by atoms with E-state index in [0.29, 0.717) is 45.1 Å². The van der Waals surface area contributed by atoms with Crippen molar-refractivity contribution in [3.8, 4) is 11.5 Å². The van der Waals surface area contributed by atoms with E-state index in [4.69, 9.17) is 9.47 Å². The van der Waals surface area contributed by atoms with Crippen LogP contribution in [0.1, 0.15) is 84.1 Å². The summed E-state index contributed by atoms with van der Waals surface area (Å²) in [6, 6.07) is 4.93. The van der Waals surface area contributed by atoms with Crippen LogP contribution in [0.2, 0.25) is 0 Å². The number of benzene rings is 1. The smallest absolute Gasteiger partial charge is 0.308 e. The highest BCUT2D eigenvalue weighted by atomic mass is 16.6. The molecule has 0 saturated heterocycles. The first kappa shape index (κ1) is 34.2. The second-order valence-electron chi connectivity index (χ2n) is 10.7. The van der Waals surface area contributed by atoms with Gasteiger partial charge in [0.15, 0.2) is 11.5 Å². The molecule has 41 heavy (non-hydrogen) atoms. The van der Waals surface area contributed by atoms with Crippen LogP contribution < -0.4 is 14.8 Å². The SMILES string of the molecule is CCCCC[C@H](O)C=C[C@@H]1[C@@H](CC=CCCCC(=O)NCCc2ccc(OC(C)=O)c(OC(C)=O)c2)[C@@H](O)C[C@H]1O. The van der Waals surface area contributed by atoms with Gasteiger partial charge in [-0.3, -0.25) is 14.4 Å². The average Bonchev–Trinajstić information content (AvgIpc) is 3.17. The van der Waals surface area contributed by atoms with Crippen LogP contribution in [0.25, 0.3) is 0 Å². The summed E-state index contributed by atoms with van der Waals surface area (Å²) in [5, 5.41) is 33.9. The Morgan fingerprint density at radius 2 is 1.76 bits per heavy atom. The van der Waals surface area contributed by atoms with Crippen LogP contribution >= 0.6 is 0 Å². The van der Waals surface area contributed by atoms with Crippen molar-refractivity contribution in [2.24, 2.45) is 11.8 Å². The summed E-state index contributed by atoms with van der Waals surface area (Å²) in [5.74, 6) is -1.08. The van der Waals surface area contributed by atoms with Crippen molar-refractivity contribution >= 4 is 17.8 Å². The molecule has 9 heteroatoms. The predicted octanol–water partition coefficient (Wildman–Crippen LogP) is 4.17. The Bertz CT molecular complexity index is 1040. The molecule has 0 radical (unpaired) electrons. The van der Waals surface area contributed by atoms with Gasteiger partial charge in [-0.25, -0.2) is 0 Å². The number of carbonyl (C=O) groups is 3. The minimum absolute atomic E-state index is 0.0628. The molecule has 1 aliphatic carbocycles. The molecule has 9 nitrogen and oxygen atoms in total. The first-order valence-electron chi connectivity index (χ1n) is 14.7. The number of unbranched alkanes of at least 4 members (excludes halogenated alkanes) is 3. The van der Waals surface area contributed by atoms with E-state index in [9.17, 15) is 29.7 Å². The van der Waals surface area contributed by atoms with Crippen LogP contribution in [-0.4, -0.2) is 58.0 Å². The van der Waals surface area contributed by atoms with Crippen LogP contribution in [0, 0.1) is 11.8 Å². The summed E-state index contributed by atoms with van der Waals surface area (Å²) >= 11 is 0. The quantitative estimate of drug-likeness (QED) is 0.0942. The minimum Gasteiger partial charge on any atom is -0.423 e. The maximum Gasteiger partial charge on any atom is 0.308 e. The summed E-state index contributed by atoms with van der Waals surface area (Å²) in [6.45, 7) is 5.06. The van der Waals surface area contributed by atoms with E-state index < -0.39 is 30.3 Å². The van der Waals surface area contributed by atoms with Gasteiger partial charge in [0, 0.05) is 39.2 Å². The van der Waals surface area contributed by atoms with E-state index in [1.54, 1.807) is 24.3 Å². The molecule has 1 aliphatic rings. The molecule has 4 N–H and O–H groups in total. The van der Waals surface area contributed by atoms with Crippen molar-refractivity contribution in [1.82, 2.24) is 5.32 Å². The van der Waals surface area contributed by atoms with Crippen LogP contribution in [0.4, 0.5) is 0 Å². The number of rotatable bonds is 17. The van der Waals surface area contributed by atoms with E-state index >= 15 is 0 Å². The fourth-order valence-electron chi connectivity index (χ4n) is 5.03. The number of ether oxygens (including phenoxy) is 2.